The fourth-order valence-electron chi connectivity index (χ4n) is 1.96. The highest BCUT2D eigenvalue weighted by molar-refractivity contribution is 6.36. The third kappa shape index (κ3) is 2.37. The van der Waals surface area contributed by atoms with Crippen LogP contribution in [0, 0.1) is 0 Å². The lowest BCUT2D eigenvalue weighted by molar-refractivity contribution is 0.544. The van der Waals surface area contributed by atoms with Crippen LogP contribution in [0.15, 0.2) is 30.5 Å². The van der Waals surface area contributed by atoms with Crippen LogP contribution in [0.4, 0.5) is 0 Å². The Morgan fingerprint density at radius 1 is 1.33 bits per heavy atom. The molecule has 6 heteroatoms. The topological polar surface area (TPSA) is 55.9 Å². The van der Waals surface area contributed by atoms with Gasteiger partial charge in [-0.2, -0.15) is 5.10 Å². The minimum atomic E-state index is -0.284. The first-order valence-electron chi connectivity index (χ1n) is 5.60. The molecule has 0 radical (unpaired) electrons. The number of aryl methyl sites for hydroxylation is 1. The number of aromatic nitrogens is 2. The molecule has 4 nitrogen and oxygen atoms in total. The van der Waals surface area contributed by atoms with Crippen LogP contribution < -0.4 is 11.3 Å². The van der Waals surface area contributed by atoms with Crippen molar-refractivity contribution in [2.75, 3.05) is 0 Å². The molecule has 0 amide bonds. The van der Waals surface area contributed by atoms with Gasteiger partial charge in [0.2, 0.25) is 0 Å². The van der Waals surface area contributed by atoms with Gasteiger partial charge in [-0.3, -0.25) is 10.5 Å². The predicted molar refractivity (Wildman–Crippen MR) is 73.5 cm³/mol. The SMILES string of the molecule is CCn1nccc1C(NN)c1c(Cl)cccc1Cl. The zero-order valence-corrected chi connectivity index (χ0v) is 11.4. The molecule has 1 aromatic carbocycles. The second-order valence-electron chi connectivity index (χ2n) is 3.81. The fraction of sp³-hybridized carbons (Fsp3) is 0.250. The average molecular weight is 285 g/mol. The largest absolute Gasteiger partial charge is 0.271 e. The number of nitrogens with two attached hydrogens (primary N) is 1. The number of rotatable bonds is 4. The van der Waals surface area contributed by atoms with Crippen molar-refractivity contribution in [3.8, 4) is 0 Å². The van der Waals surface area contributed by atoms with Crippen LogP contribution in [-0.2, 0) is 6.54 Å². The summed E-state index contributed by atoms with van der Waals surface area (Å²) in [4.78, 5) is 0. The first kappa shape index (κ1) is 13.4. The van der Waals surface area contributed by atoms with Gasteiger partial charge in [0, 0.05) is 28.4 Å². The second-order valence-corrected chi connectivity index (χ2v) is 4.62. The highest BCUT2D eigenvalue weighted by atomic mass is 35.5. The highest BCUT2D eigenvalue weighted by Crippen LogP contribution is 2.33. The predicted octanol–water partition coefficient (Wildman–Crippen LogP) is 2.76. The molecule has 96 valence electrons. The molecule has 0 aliphatic heterocycles. The third-order valence-electron chi connectivity index (χ3n) is 2.80. The summed E-state index contributed by atoms with van der Waals surface area (Å²) in [6.07, 6.45) is 1.73. The molecule has 3 N–H and O–H groups in total. The van der Waals surface area contributed by atoms with Gasteiger partial charge in [0.1, 0.15) is 0 Å². The van der Waals surface area contributed by atoms with Crippen molar-refractivity contribution in [3.05, 3.63) is 51.8 Å². The van der Waals surface area contributed by atoms with E-state index < -0.39 is 0 Å². The Morgan fingerprint density at radius 2 is 2.00 bits per heavy atom. The van der Waals surface area contributed by atoms with Gasteiger partial charge >= 0.3 is 0 Å². The molecule has 0 fully saturated rings. The lowest BCUT2D eigenvalue weighted by atomic mass is 10.0. The van der Waals surface area contributed by atoms with Gasteiger partial charge in [0.15, 0.2) is 0 Å². The molecule has 0 saturated heterocycles. The van der Waals surface area contributed by atoms with Crippen LogP contribution in [0.1, 0.15) is 24.2 Å². The molecule has 1 heterocycles. The minimum absolute atomic E-state index is 0.284. The normalized spacial score (nSPS) is 12.7. The van der Waals surface area contributed by atoms with Crippen LogP contribution >= 0.6 is 23.2 Å². The van der Waals surface area contributed by atoms with E-state index in [1.807, 2.05) is 17.7 Å². The summed E-state index contributed by atoms with van der Waals surface area (Å²) in [5.41, 5.74) is 4.44. The van der Waals surface area contributed by atoms with E-state index in [9.17, 15) is 0 Å². The van der Waals surface area contributed by atoms with Gasteiger partial charge in [0.05, 0.1) is 11.7 Å². The van der Waals surface area contributed by atoms with Crippen molar-refractivity contribution in [2.45, 2.75) is 19.5 Å². The molecule has 1 aromatic heterocycles. The summed E-state index contributed by atoms with van der Waals surface area (Å²) in [5, 5.41) is 5.38. The van der Waals surface area contributed by atoms with E-state index in [0.717, 1.165) is 17.8 Å². The standard InChI is InChI=1S/C12H14Cl2N4/c1-2-18-10(6-7-16-18)12(17-15)11-8(13)4-3-5-9(11)14/h3-7,12,17H,2,15H2,1H3. The molecule has 18 heavy (non-hydrogen) atoms. The van der Waals surface area contributed by atoms with Gasteiger partial charge in [-0.25, -0.2) is 5.43 Å². The summed E-state index contributed by atoms with van der Waals surface area (Å²) in [6, 6.07) is 7.00. The first-order chi connectivity index (χ1) is 8.69. The van der Waals surface area contributed by atoms with Crippen LogP contribution in [0.25, 0.3) is 0 Å². The maximum atomic E-state index is 6.21. The van der Waals surface area contributed by atoms with E-state index in [1.54, 1.807) is 24.4 Å². The van der Waals surface area contributed by atoms with Crippen LogP contribution in [0.2, 0.25) is 10.0 Å². The fourth-order valence-corrected chi connectivity index (χ4v) is 2.57. The Hall–Kier alpha value is -1.07. The lowest BCUT2D eigenvalue weighted by Gasteiger charge is -2.20. The summed E-state index contributed by atoms with van der Waals surface area (Å²) >= 11 is 12.4. The van der Waals surface area contributed by atoms with E-state index in [0.29, 0.717) is 10.0 Å². The lowest BCUT2D eigenvalue weighted by Crippen LogP contribution is -2.31. The van der Waals surface area contributed by atoms with Crippen molar-refractivity contribution < 1.29 is 0 Å². The maximum absolute atomic E-state index is 6.21. The molecule has 0 aliphatic carbocycles. The van der Waals surface area contributed by atoms with Crippen LogP contribution in [0.5, 0.6) is 0 Å². The Morgan fingerprint density at radius 3 is 2.56 bits per heavy atom. The number of hydrogen-bond donors (Lipinski definition) is 2. The number of nitrogens with zero attached hydrogens (tertiary/aromatic N) is 2. The summed E-state index contributed by atoms with van der Waals surface area (Å²) in [6.45, 7) is 2.76. The van der Waals surface area contributed by atoms with Crippen LogP contribution in [0.3, 0.4) is 0 Å². The quantitative estimate of drug-likeness (QED) is 0.671. The summed E-state index contributed by atoms with van der Waals surface area (Å²) < 4.78 is 1.85. The van der Waals surface area contributed by atoms with Crippen molar-refractivity contribution in [2.24, 2.45) is 5.84 Å². The van der Waals surface area contributed by atoms with E-state index in [-0.39, 0.29) is 6.04 Å². The van der Waals surface area contributed by atoms with Crippen molar-refractivity contribution in [1.82, 2.24) is 15.2 Å². The number of hydrazine groups is 1. The van der Waals surface area contributed by atoms with E-state index in [2.05, 4.69) is 10.5 Å². The van der Waals surface area contributed by atoms with Gasteiger partial charge in [-0.05, 0) is 25.1 Å². The molecular formula is C12H14Cl2N4. The van der Waals surface area contributed by atoms with Gasteiger partial charge < -0.3 is 0 Å². The van der Waals surface area contributed by atoms with E-state index in [1.165, 1.54) is 0 Å². The third-order valence-corrected chi connectivity index (χ3v) is 3.46. The highest BCUT2D eigenvalue weighted by Gasteiger charge is 2.21. The Kier molecular flexibility index (Phi) is 4.24. The van der Waals surface area contributed by atoms with E-state index >= 15 is 0 Å². The molecule has 0 aliphatic rings. The molecule has 2 aromatic rings. The van der Waals surface area contributed by atoms with Crippen molar-refractivity contribution >= 4 is 23.2 Å². The first-order valence-corrected chi connectivity index (χ1v) is 6.36. The number of halogens is 2. The number of benzene rings is 1. The van der Waals surface area contributed by atoms with Crippen molar-refractivity contribution in [3.63, 3.8) is 0 Å². The molecule has 0 spiro atoms. The molecule has 1 unspecified atom stereocenters. The van der Waals surface area contributed by atoms with Crippen molar-refractivity contribution in [1.29, 1.82) is 0 Å². The molecule has 0 bridgehead atoms. The smallest absolute Gasteiger partial charge is 0.0907 e. The molecule has 2 rings (SSSR count). The molecular weight excluding hydrogens is 271 g/mol. The monoisotopic (exact) mass is 284 g/mol. The number of hydrogen-bond acceptors (Lipinski definition) is 3. The zero-order chi connectivity index (χ0) is 13.1. The molecule has 0 saturated carbocycles. The van der Waals surface area contributed by atoms with Crippen LogP contribution in [-0.4, -0.2) is 9.78 Å². The average Bonchev–Trinajstić information content (AvgIpc) is 2.82. The van der Waals surface area contributed by atoms with Gasteiger partial charge in [-0.1, -0.05) is 29.3 Å². The van der Waals surface area contributed by atoms with Gasteiger partial charge in [-0.15, -0.1) is 0 Å². The Labute approximate surface area is 116 Å². The minimum Gasteiger partial charge on any atom is -0.271 e. The maximum Gasteiger partial charge on any atom is 0.0907 e. The summed E-state index contributed by atoms with van der Waals surface area (Å²) in [7, 11) is 0. The summed E-state index contributed by atoms with van der Waals surface area (Å²) in [5.74, 6) is 5.65. The Bertz CT molecular complexity index is 518. The molecule has 1 atom stereocenters. The van der Waals surface area contributed by atoms with E-state index in [4.69, 9.17) is 29.0 Å². The Balaban J connectivity index is 2.52. The second kappa shape index (κ2) is 5.71. The zero-order valence-electron chi connectivity index (χ0n) is 9.90. The number of nitrogens with one attached hydrogen (secondary N) is 1. The van der Waals surface area contributed by atoms with Gasteiger partial charge in [0.25, 0.3) is 0 Å².